The first-order valence-electron chi connectivity index (χ1n) is 8.18. The summed E-state index contributed by atoms with van der Waals surface area (Å²) in [5.41, 5.74) is -11.8. The van der Waals surface area contributed by atoms with Crippen molar-refractivity contribution in [3.8, 4) is 0 Å². The van der Waals surface area contributed by atoms with E-state index in [9.17, 15) is 43.2 Å². The second-order valence-electron chi connectivity index (χ2n) is 4.86. The molecule has 0 radical (unpaired) electrons. The van der Waals surface area contributed by atoms with Crippen LogP contribution in [0, 0.1) is 7.14 Å². The summed E-state index contributed by atoms with van der Waals surface area (Å²) in [4.78, 5) is 0. The summed E-state index contributed by atoms with van der Waals surface area (Å²) >= 11 is -9.14. The minimum atomic E-state index is -6.30. The van der Waals surface area contributed by atoms with E-state index in [4.69, 9.17) is 4.14 Å². The van der Waals surface area contributed by atoms with Crippen LogP contribution < -0.4 is 0 Å². The predicted octanol–water partition coefficient (Wildman–Crippen LogP) is 5.15. The van der Waals surface area contributed by atoms with Gasteiger partial charge in [-0.2, -0.15) is 0 Å². The summed E-state index contributed by atoms with van der Waals surface area (Å²) in [7, 11) is -12.6. The van der Waals surface area contributed by atoms with Crippen LogP contribution in [0.1, 0.15) is 2.74 Å². The Bertz CT molecular complexity index is 1080. The van der Waals surface area contributed by atoms with Crippen molar-refractivity contribution in [2.45, 2.75) is 11.0 Å². The Morgan fingerprint density at radius 2 is 0.968 bits per heavy atom. The van der Waals surface area contributed by atoms with E-state index in [-0.39, 0.29) is 19.2 Å². The van der Waals surface area contributed by atoms with Gasteiger partial charge in [0.1, 0.15) is 0 Å². The number of halogens is 8. The van der Waals surface area contributed by atoms with Crippen molar-refractivity contribution >= 4 is 61.5 Å². The fourth-order valence-electron chi connectivity index (χ4n) is 1.37. The molecule has 0 atom stereocenters. The monoisotopic (exact) mass is 724 g/mol. The van der Waals surface area contributed by atoms with Gasteiger partial charge in [-0.3, -0.25) is 0 Å². The molecule has 0 saturated heterocycles. The maximum absolute atomic E-state index is 12.8. The molecule has 0 bridgehead atoms. The molecule has 0 aromatic heterocycles. The van der Waals surface area contributed by atoms with Gasteiger partial charge in [0, 0.05) is 0 Å². The van der Waals surface area contributed by atoms with E-state index in [0.717, 1.165) is 48.5 Å². The third-order valence-corrected chi connectivity index (χ3v) is 17.3. The van der Waals surface area contributed by atoms with Crippen LogP contribution in [-0.4, -0.2) is 27.9 Å². The number of hydrogen-bond acceptors (Lipinski definition) is 7. The molecule has 0 fully saturated rings. The van der Waals surface area contributed by atoms with Crippen molar-refractivity contribution in [3.05, 3.63) is 67.8 Å². The molecule has 0 spiro atoms. The summed E-state index contributed by atoms with van der Waals surface area (Å²) in [5.74, 6) is 0. The second kappa shape index (κ2) is 10.0. The van der Waals surface area contributed by atoms with E-state index in [1.165, 1.54) is 0 Å². The number of rotatable bonds is 8. The third-order valence-electron chi connectivity index (χ3n) is 2.66. The van der Waals surface area contributed by atoms with E-state index < -0.39 is 72.6 Å². The molecule has 0 aliphatic heterocycles. The Morgan fingerprint density at radius 3 is 1.23 bits per heavy atom. The molecular formula is C14H10F6I2O7S2. The maximum atomic E-state index is 12.8. The van der Waals surface area contributed by atoms with Crippen LogP contribution in [0.15, 0.2) is 60.6 Å². The zero-order valence-corrected chi connectivity index (χ0v) is 20.3. The number of alkyl halides is 6. The summed E-state index contributed by atoms with van der Waals surface area (Å²) < 4.78 is 151. The Labute approximate surface area is 191 Å². The van der Waals surface area contributed by atoms with Crippen LogP contribution in [0.3, 0.4) is 0 Å². The molecule has 0 aliphatic rings. The molecule has 2 aromatic rings. The molecule has 0 aliphatic carbocycles. The van der Waals surface area contributed by atoms with Crippen LogP contribution in [-0.2, 0) is 26.7 Å². The van der Waals surface area contributed by atoms with E-state index in [1.54, 1.807) is 0 Å². The Kier molecular flexibility index (Phi) is 7.58. The van der Waals surface area contributed by atoms with Gasteiger partial charge in [0.2, 0.25) is 0 Å². The summed E-state index contributed by atoms with van der Waals surface area (Å²) in [6, 6.07) is 7.62. The first-order chi connectivity index (χ1) is 14.9. The summed E-state index contributed by atoms with van der Waals surface area (Å²) in [5, 5.41) is 0. The molecule has 0 heterocycles. The van der Waals surface area contributed by atoms with Gasteiger partial charge in [-0.15, -0.1) is 0 Å². The van der Waals surface area contributed by atoms with Crippen LogP contribution in [0.25, 0.3) is 0 Å². The van der Waals surface area contributed by atoms with Crippen LogP contribution in [0.5, 0.6) is 0 Å². The van der Waals surface area contributed by atoms with Crippen molar-refractivity contribution in [1.82, 2.24) is 0 Å². The Hall–Kier alpha value is -0.740. The van der Waals surface area contributed by atoms with E-state index in [2.05, 4.69) is 5.03 Å². The van der Waals surface area contributed by atoms with Gasteiger partial charge < -0.3 is 0 Å². The van der Waals surface area contributed by atoms with Gasteiger partial charge in [-0.25, -0.2) is 0 Å². The van der Waals surface area contributed by atoms with Gasteiger partial charge >= 0.3 is 193 Å². The van der Waals surface area contributed by atoms with Crippen LogP contribution in [0.2, 0.25) is 0 Å². The molecular weight excluding hydrogens is 712 g/mol. The van der Waals surface area contributed by atoms with E-state index >= 15 is 0 Å². The quantitative estimate of drug-likeness (QED) is 0.211. The fraction of sp³-hybridized carbons (Fsp3) is 0.143. The van der Waals surface area contributed by atoms with Gasteiger partial charge in [0.05, 0.1) is 0 Å². The van der Waals surface area contributed by atoms with Crippen molar-refractivity contribution in [1.29, 1.82) is 0 Å². The molecule has 0 saturated carbocycles. The SMILES string of the molecule is [2H]c1ccc(I(OI(OS(=O)(=O)C(F)(F)F)c2ccc([2H])cc2)OS(=O)(=O)C(F)(F)F)cc1. The van der Waals surface area contributed by atoms with E-state index in [0.29, 0.717) is 0 Å². The third kappa shape index (κ3) is 7.12. The number of hydrogen-bond donors (Lipinski definition) is 0. The van der Waals surface area contributed by atoms with Crippen molar-refractivity contribution in [3.63, 3.8) is 0 Å². The Balaban J connectivity index is 2.55. The van der Waals surface area contributed by atoms with Gasteiger partial charge in [0.15, 0.2) is 0 Å². The average Bonchev–Trinajstić information content (AvgIpc) is 2.66. The average molecular weight is 724 g/mol. The van der Waals surface area contributed by atoms with Crippen LogP contribution >= 0.6 is 41.3 Å². The number of benzene rings is 2. The molecule has 0 amide bonds. The first-order valence-corrected chi connectivity index (χ1v) is 15.7. The second-order valence-corrected chi connectivity index (χ2v) is 17.5. The summed E-state index contributed by atoms with van der Waals surface area (Å²) in [6.07, 6.45) is 0. The van der Waals surface area contributed by atoms with E-state index in [1.807, 2.05) is 0 Å². The topological polar surface area (TPSA) is 96.0 Å². The van der Waals surface area contributed by atoms with Crippen molar-refractivity contribution in [2.24, 2.45) is 0 Å². The normalized spacial score (nSPS) is 15.2. The Morgan fingerprint density at radius 1 is 0.677 bits per heavy atom. The van der Waals surface area contributed by atoms with Gasteiger partial charge in [-0.05, 0) is 0 Å². The zero-order chi connectivity index (χ0) is 25.2. The molecule has 2 aromatic carbocycles. The molecule has 31 heavy (non-hydrogen) atoms. The standard InChI is InChI=1S/C14H10F6I2O7S2/c15-13(16,17)30(23,24)28-21(11-7-3-1-4-8-11)27-22(12-9-5-2-6-10-12)29-31(25,26)14(18,19)20/h1-10H/i1D,2D. The fourth-order valence-corrected chi connectivity index (χ4v) is 16.6. The first kappa shape index (κ1) is 23.4. The zero-order valence-electron chi connectivity index (χ0n) is 16.3. The molecule has 176 valence electrons. The van der Waals surface area contributed by atoms with Gasteiger partial charge in [0.25, 0.3) is 0 Å². The van der Waals surface area contributed by atoms with Crippen molar-refractivity contribution < 1.29 is 52.3 Å². The molecule has 2 rings (SSSR count). The summed E-state index contributed by atoms with van der Waals surface area (Å²) in [6.45, 7) is 0. The molecule has 0 N–H and O–H groups in total. The van der Waals surface area contributed by atoms with Gasteiger partial charge in [-0.1, -0.05) is 0 Å². The molecule has 17 heteroatoms. The minimum absolute atomic E-state index is 0.148. The molecule has 0 unspecified atom stereocenters. The van der Waals surface area contributed by atoms with Crippen molar-refractivity contribution in [2.75, 3.05) is 0 Å². The van der Waals surface area contributed by atoms with Crippen LogP contribution in [0.4, 0.5) is 26.3 Å². The predicted molar refractivity (Wildman–Crippen MR) is 112 cm³/mol. The molecule has 7 nitrogen and oxygen atoms in total.